The van der Waals surface area contributed by atoms with Gasteiger partial charge < -0.3 is 15.8 Å². The minimum absolute atomic E-state index is 0. The normalized spacial score (nSPS) is 10.4. The van der Waals surface area contributed by atoms with Crippen LogP contribution in [0.5, 0.6) is 5.75 Å². The van der Waals surface area contributed by atoms with E-state index in [1.165, 1.54) is 0 Å². The van der Waals surface area contributed by atoms with Crippen molar-refractivity contribution in [1.29, 1.82) is 0 Å². The molecule has 0 saturated carbocycles. The van der Waals surface area contributed by atoms with Crippen LogP contribution in [0.4, 0.5) is 0 Å². The maximum Gasteiger partial charge on any atom is 0.258 e. The molecule has 1 amide bonds. The molecule has 1 rings (SSSR count). The molecule has 0 bridgehead atoms. The van der Waals surface area contributed by atoms with E-state index in [2.05, 4.69) is 21.2 Å². The smallest absolute Gasteiger partial charge is 0.258 e. The third kappa shape index (κ3) is 7.53. The number of nitrogens with one attached hydrogen (secondary N) is 1. The van der Waals surface area contributed by atoms with Gasteiger partial charge in [0.15, 0.2) is 6.61 Å². The van der Waals surface area contributed by atoms with Crippen molar-refractivity contribution < 1.29 is 9.53 Å². The Morgan fingerprint density at radius 3 is 2.44 bits per heavy atom. The summed E-state index contributed by atoms with van der Waals surface area (Å²) in [4.78, 5) is 11.4. The molecule has 1 aromatic carbocycles. The summed E-state index contributed by atoms with van der Waals surface area (Å²) in [5.74, 6) is 0.488. The minimum atomic E-state index is -0.409. The molecule has 0 unspecified atom stereocenters. The van der Waals surface area contributed by atoms with Crippen LogP contribution in [-0.2, 0) is 4.79 Å². The minimum Gasteiger partial charge on any atom is -0.484 e. The van der Waals surface area contributed by atoms with E-state index < -0.39 is 5.54 Å². The molecule has 6 heteroatoms. The van der Waals surface area contributed by atoms with Crippen LogP contribution in [0.15, 0.2) is 28.7 Å². The first kappa shape index (κ1) is 17.2. The van der Waals surface area contributed by atoms with E-state index >= 15 is 0 Å². The van der Waals surface area contributed by atoms with Crippen molar-refractivity contribution >= 4 is 34.2 Å². The lowest BCUT2D eigenvalue weighted by molar-refractivity contribution is -0.123. The fraction of sp³-hybridized carbons (Fsp3) is 0.417. The zero-order valence-corrected chi connectivity index (χ0v) is 12.8. The fourth-order valence-corrected chi connectivity index (χ4v) is 1.32. The lowest BCUT2D eigenvalue weighted by Crippen LogP contribution is -2.46. The molecule has 0 aromatic heterocycles. The van der Waals surface area contributed by atoms with Crippen LogP contribution in [0.3, 0.4) is 0 Å². The summed E-state index contributed by atoms with van der Waals surface area (Å²) in [7, 11) is 0. The first-order chi connectivity index (χ1) is 7.87. The molecule has 0 aliphatic carbocycles. The molecule has 0 aliphatic rings. The Morgan fingerprint density at radius 1 is 1.39 bits per heavy atom. The van der Waals surface area contributed by atoms with E-state index in [4.69, 9.17) is 10.5 Å². The summed E-state index contributed by atoms with van der Waals surface area (Å²) in [6, 6.07) is 7.31. The van der Waals surface area contributed by atoms with Gasteiger partial charge in [0.1, 0.15) is 5.75 Å². The maximum atomic E-state index is 11.4. The molecule has 4 nitrogen and oxygen atoms in total. The van der Waals surface area contributed by atoms with Gasteiger partial charge in [-0.25, -0.2) is 0 Å². The van der Waals surface area contributed by atoms with Gasteiger partial charge in [-0.2, -0.15) is 0 Å². The third-order valence-electron chi connectivity index (χ3n) is 1.92. The van der Waals surface area contributed by atoms with Crippen LogP contribution in [0.2, 0.25) is 0 Å². The Bertz CT molecular complexity index is 377. The predicted octanol–water partition coefficient (Wildman–Crippen LogP) is 2.10. The summed E-state index contributed by atoms with van der Waals surface area (Å²) in [6.07, 6.45) is 0. The molecular weight excluding hydrogens is 320 g/mol. The number of rotatable bonds is 5. The third-order valence-corrected chi connectivity index (χ3v) is 2.45. The SMILES string of the molecule is CC(C)(N)CNC(=O)COc1ccc(Br)cc1.Cl. The molecule has 1 aromatic rings. The first-order valence-corrected chi connectivity index (χ1v) is 6.10. The molecule has 0 aliphatic heterocycles. The van der Waals surface area contributed by atoms with E-state index in [0.717, 1.165) is 4.47 Å². The average molecular weight is 338 g/mol. The molecular formula is C12H18BrClN2O2. The van der Waals surface area contributed by atoms with Gasteiger partial charge in [-0.3, -0.25) is 4.79 Å². The molecule has 18 heavy (non-hydrogen) atoms. The quantitative estimate of drug-likeness (QED) is 0.865. The van der Waals surface area contributed by atoms with Gasteiger partial charge in [0.05, 0.1) is 0 Å². The van der Waals surface area contributed by atoms with Crippen LogP contribution in [0, 0.1) is 0 Å². The van der Waals surface area contributed by atoms with E-state index in [-0.39, 0.29) is 24.9 Å². The van der Waals surface area contributed by atoms with Crippen molar-refractivity contribution in [2.75, 3.05) is 13.2 Å². The number of benzene rings is 1. The van der Waals surface area contributed by atoms with Crippen LogP contribution < -0.4 is 15.8 Å². The summed E-state index contributed by atoms with van der Waals surface area (Å²) in [5, 5.41) is 2.71. The molecule has 102 valence electrons. The van der Waals surface area contributed by atoms with E-state index in [9.17, 15) is 4.79 Å². The van der Waals surface area contributed by atoms with Crippen LogP contribution in [0.1, 0.15) is 13.8 Å². The van der Waals surface area contributed by atoms with E-state index in [0.29, 0.717) is 12.3 Å². The molecule has 0 spiro atoms. The molecule has 0 atom stereocenters. The maximum absolute atomic E-state index is 11.4. The number of amides is 1. The Morgan fingerprint density at radius 2 is 1.94 bits per heavy atom. The average Bonchev–Trinajstić information content (AvgIpc) is 2.25. The molecule has 0 fully saturated rings. The van der Waals surface area contributed by atoms with Crippen LogP contribution in [0.25, 0.3) is 0 Å². The highest BCUT2D eigenvalue weighted by molar-refractivity contribution is 9.10. The van der Waals surface area contributed by atoms with Crippen molar-refractivity contribution in [2.24, 2.45) is 5.73 Å². The molecule has 0 saturated heterocycles. The summed E-state index contributed by atoms with van der Waals surface area (Å²) < 4.78 is 6.29. The Labute approximate surface area is 122 Å². The first-order valence-electron chi connectivity index (χ1n) is 5.31. The summed E-state index contributed by atoms with van der Waals surface area (Å²) in [5.41, 5.74) is 5.34. The largest absolute Gasteiger partial charge is 0.484 e. The number of halogens is 2. The van der Waals surface area contributed by atoms with Gasteiger partial charge in [0.2, 0.25) is 0 Å². The predicted molar refractivity (Wildman–Crippen MR) is 78.2 cm³/mol. The fourth-order valence-electron chi connectivity index (χ4n) is 1.06. The zero-order chi connectivity index (χ0) is 12.9. The lowest BCUT2D eigenvalue weighted by atomic mass is 10.1. The van der Waals surface area contributed by atoms with E-state index in [1.807, 2.05) is 26.0 Å². The number of carbonyl (C=O) groups excluding carboxylic acids is 1. The van der Waals surface area contributed by atoms with E-state index in [1.54, 1.807) is 12.1 Å². The summed E-state index contributed by atoms with van der Waals surface area (Å²) >= 11 is 3.32. The summed E-state index contributed by atoms with van der Waals surface area (Å²) in [6.45, 7) is 4.12. The second-order valence-electron chi connectivity index (χ2n) is 4.51. The van der Waals surface area contributed by atoms with Crippen molar-refractivity contribution in [3.8, 4) is 5.75 Å². The number of ether oxygens (including phenoxy) is 1. The van der Waals surface area contributed by atoms with Gasteiger partial charge in [0, 0.05) is 16.6 Å². The molecule has 0 heterocycles. The van der Waals surface area contributed by atoms with Gasteiger partial charge in [-0.1, -0.05) is 15.9 Å². The van der Waals surface area contributed by atoms with Gasteiger partial charge in [-0.15, -0.1) is 12.4 Å². The van der Waals surface area contributed by atoms with Crippen molar-refractivity contribution in [1.82, 2.24) is 5.32 Å². The number of carbonyl (C=O) groups is 1. The second kappa shape index (κ2) is 7.61. The Kier molecular flexibility index (Phi) is 7.28. The highest BCUT2D eigenvalue weighted by Crippen LogP contribution is 2.15. The number of hydrogen-bond acceptors (Lipinski definition) is 3. The number of hydrogen-bond donors (Lipinski definition) is 2. The van der Waals surface area contributed by atoms with Gasteiger partial charge in [-0.05, 0) is 38.1 Å². The second-order valence-corrected chi connectivity index (χ2v) is 5.42. The monoisotopic (exact) mass is 336 g/mol. The lowest BCUT2D eigenvalue weighted by Gasteiger charge is -2.18. The van der Waals surface area contributed by atoms with Crippen molar-refractivity contribution in [2.45, 2.75) is 19.4 Å². The zero-order valence-electron chi connectivity index (χ0n) is 10.4. The topological polar surface area (TPSA) is 64.3 Å². The van der Waals surface area contributed by atoms with Crippen molar-refractivity contribution in [3.05, 3.63) is 28.7 Å². The highest BCUT2D eigenvalue weighted by Gasteiger charge is 2.12. The van der Waals surface area contributed by atoms with Crippen LogP contribution >= 0.6 is 28.3 Å². The Hall–Kier alpha value is -0.780. The van der Waals surface area contributed by atoms with Gasteiger partial charge in [0.25, 0.3) is 5.91 Å². The van der Waals surface area contributed by atoms with Crippen molar-refractivity contribution in [3.63, 3.8) is 0 Å². The Balaban J connectivity index is 0.00000289. The van der Waals surface area contributed by atoms with Gasteiger partial charge >= 0.3 is 0 Å². The van der Waals surface area contributed by atoms with Crippen LogP contribution in [-0.4, -0.2) is 24.6 Å². The highest BCUT2D eigenvalue weighted by atomic mass is 79.9. The molecule has 3 N–H and O–H groups in total. The number of nitrogens with two attached hydrogens (primary N) is 1. The molecule has 0 radical (unpaired) electrons. The standard InChI is InChI=1S/C12H17BrN2O2.ClH/c1-12(2,14)8-15-11(16)7-17-10-5-3-9(13)4-6-10;/h3-6H,7-8,14H2,1-2H3,(H,15,16);1H.